The van der Waals surface area contributed by atoms with Crippen LogP contribution in [0.4, 0.5) is 0 Å². The third-order valence-corrected chi connectivity index (χ3v) is 7.21. The van der Waals surface area contributed by atoms with Crippen molar-refractivity contribution in [3.63, 3.8) is 0 Å². The van der Waals surface area contributed by atoms with Crippen LogP contribution in [0, 0.1) is 0 Å². The molecule has 0 aliphatic carbocycles. The maximum atomic E-state index is 12.4. The van der Waals surface area contributed by atoms with Crippen LogP contribution in [0.25, 0.3) is 22.2 Å². The maximum Gasteiger partial charge on any atom is 0.224 e. The minimum atomic E-state index is 0.0648. The minimum Gasteiger partial charge on any atom is -0.492 e. The Bertz CT molecular complexity index is 1510. The number of aryl methyl sites for hydroxylation is 1. The Morgan fingerprint density at radius 2 is 1.52 bits per heavy atom. The molecule has 204 valence electrons. The van der Waals surface area contributed by atoms with Gasteiger partial charge < -0.3 is 14.6 Å². The molecule has 5 aromatic rings. The van der Waals surface area contributed by atoms with E-state index in [4.69, 9.17) is 21.3 Å². The molecule has 1 heterocycles. The molecule has 0 saturated heterocycles. The SMILES string of the molecule is O=C(Cc1ccc(-c2ccccc2)cc1)NCCCCCc1nc2ccccc2n1CCOc1ccc(Cl)cc1. The summed E-state index contributed by atoms with van der Waals surface area (Å²) in [7, 11) is 0. The van der Waals surface area contributed by atoms with Crippen molar-refractivity contribution in [2.45, 2.75) is 38.6 Å². The number of aromatic nitrogens is 2. The van der Waals surface area contributed by atoms with E-state index >= 15 is 0 Å². The lowest BCUT2D eigenvalue weighted by molar-refractivity contribution is -0.120. The summed E-state index contributed by atoms with van der Waals surface area (Å²) < 4.78 is 8.20. The molecular formula is C34H34ClN3O2. The lowest BCUT2D eigenvalue weighted by Crippen LogP contribution is -2.26. The molecule has 1 aromatic heterocycles. The highest BCUT2D eigenvalue weighted by Crippen LogP contribution is 2.21. The quantitative estimate of drug-likeness (QED) is 0.154. The van der Waals surface area contributed by atoms with Gasteiger partial charge in [0.25, 0.3) is 0 Å². The van der Waals surface area contributed by atoms with Gasteiger partial charge in [-0.25, -0.2) is 4.98 Å². The molecule has 5 nitrogen and oxygen atoms in total. The molecule has 6 heteroatoms. The monoisotopic (exact) mass is 551 g/mol. The highest BCUT2D eigenvalue weighted by atomic mass is 35.5. The molecule has 0 unspecified atom stereocenters. The maximum absolute atomic E-state index is 12.4. The fourth-order valence-electron chi connectivity index (χ4n) is 4.86. The number of hydrogen-bond acceptors (Lipinski definition) is 3. The minimum absolute atomic E-state index is 0.0648. The molecular weight excluding hydrogens is 518 g/mol. The van der Waals surface area contributed by atoms with E-state index in [0.29, 0.717) is 24.6 Å². The number of nitrogens with one attached hydrogen (secondary N) is 1. The summed E-state index contributed by atoms with van der Waals surface area (Å²) in [6, 6.07) is 34.2. The first kappa shape index (κ1) is 27.5. The number of carbonyl (C=O) groups is 1. The van der Waals surface area contributed by atoms with Crippen molar-refractivity contribution in [1.29, 1.82) is 0 Å². The molecule has 0 aliphatic heterocycles. The Morgan fingerprint density at radius 3 is 2.33 bits per heavy atom. The predicted molar refractivity (Wildman–Crippen MR) is 163 cm³/mol. The molecule has 0 atom stereocenters. The largest absolute Gasteiger partial charge is 0.492 e. The van der Waals surface area contributed by atoms with Gasteiger partial charge in [0, 0.05) is 18.0 Å². The molecule has 1 N–H and O–H groups in total. The second-order valence-corrected chi connectivity index (χ2v) is 10.3. The molecule has 0 spiro atoms. The number of benzene rings is 4. The van der Waals surface area contributed by atoms with E-state index in [1.807, 2.05) is 66.7 Å². The summed E-state index contributed by atoms with van der Waals surface area (Å²) in [5, 5.41) is 3.77. The van der Waals surface area contributed by atoms with Crippen LogP contribution >= 0.6 is 11.6 Å². The van der Waals surface area contributed by atoms with Gasteiger partial charge in [-0.1, -0.05) is 84.8 Å². The number of ether oxygens (including phenoxy) is 1. The first-order valence-corrected chi connectivity index (χ1v) is 14.3. The highest BCUT2D eigenvalue weighted by molar-refractivity contribution is 6.30. The van der Waals surface area contributed by atoms with Gasteiger partial charge in [0.05, 0.1) is 24.0 Å². The average molecular weight is 552 g/mol. The lowest BCUT2D eigenvalue weighted by Gasteiger charge is -2.11. The fourth-order valence-corrected chi connectivity index (χ4v) is 4.98. The van der Waals surface area contributed by atoms with Crippen LogP contribution in [0.3, 0.4) is 0 Å². The zero-order valence-electron chi connectivity index (χ0n) is 22.6. The zero-order valence-corrected chi connectivity index (χ0v) is 23.3. The number of fused-ring (bicyclic) bond motifs is 1. The Balaban J connectivity index is 1.05. The number of nitrogens with zero attached hydrogens (tertiary/aromatic N) is 2. The zero-order chi connectivity index (χ0) is 27.6. The van der Waals surface area contributed by atoms with Crippen LogP contribution in [0.5, 0.6) is 5.75 Å². The molecule has 0 fully saturated rings. The van der Waals surface area contributed by atoms with Crippen molar-refractivity contribution in [2.75, 3.05) is 13.2 Å². The van der Waals surface area contributed by atoms with E-state index in [1.54, 1.807) is 0 Å². The highest BCUT2D eigenvalue weighted by Gasteiger charge is 2.11. The number of hydrogen-bond donors (Lipinski definition) is 1. The second kappa shape index (κ2) is 13.8. The second-order valence-electron chi connectivity index (χ2n) is 9.87. The Labute approximate surface area is 240 Å². The van der Waals surface area contributed by atoms with E-state index in [2.05, 4.69) is 46.3 Å². The summed E-state index contributed by atoms with van der Waals surface area (Å²) in [6.45, 7) is 1.96. The van der Waals surface area contributed by atoms with E-state index in [1.165, 1.54) is 5.56 Å². The number of carbonyl (C=O) groups excluding carboxylic acids is 1. The topological polar surface area (TPSA) is 56.2 Å². The van der Waals surface area contributed by atoms with Crippen molar-refractivity contribution >= 4 is 28.5 Å². The third-order valence-electron chi connectivity index (χ3n) is 6.96. The molecule has 40 heavy (non-hydrogen) atoms. The van der Waals surface area contributed by atoms with E-state index in [0.717, 1.165) is 66.0 Å². The summed E-state index contributed by atoms with van der Waals surface area (Å²) in [4.78, 5) is 17.3. The van der Waals surface area contributed by atoms with Crippen molar-refractivity contribution in [1.82, 2.24) is 14.9 Å². The van der Waals surface area contributed by atoms with E-state index in [9.17, 15) is 4.79 Å². The van der Waals surface area contributed by atoms with E-state index < -0.39 is 0 Å². The molecule has 1 amide bonds. The van der Waals surface area contributed by atoms with Crippen molar-refractivity contribution < 1.29 is 9.53 Å². The summed E-state index contributed by atoms with van der Waals surface area (Å²) >= 11 is 5.98. The summed E-state index contributed by atoms with van der Waals surface area (Å²) in [6.07, 6.45) is 4.27. The molecule has 5 rings (SSSR count). The number of unbranched alkanes of at least 4 members (excludes halogenated alkanes) is 2. The van der Waals surface area contributed by atoms with Gasteiger partial charge in [-0.15, -0.1) is 0 Å². The fraction of sp³-hybridized carbons (Fsp3) is 0.235. The number of imidazole rings is 1. The Kier molecular flexibility index (Phi) is 9.49. The smallest absolute Gasteiger partial charge is 0.224 e. The van der Waals surface area contributed by atoms with Gasteiger partial charge in [0.1, 0.15) is 18.2 Å². The van der Waals surface area contributed by atoms with Crippen LogP contribution in [0.1, 0.15) is 30.7 Å². The first-order chi connectivity index (χ1) is 19.7. The van der Waals surface area contributed by atoms with Crippen LogP contribution in [0.2, 0.25) is 5.02 Å². The molecule has 0 radical (unpaired) electrons. The van der Waals surface area contributed by atoms with Crippen LogP contribution in [-0.2, 0) is 24.2 Å². The van der Waals surface area contributed by atoms with Gasteiger partial charge in [-0.3, -0.25) is 4.79 Å². The third kappa shape index (κ3) is 7.51. The van der Waals surface area contributed by atoms with Crippen LogP contribution < -0.4 is 10.1 Å². The van der Waals surface area contributed by atoms with Gasteiger partial charge in [0.15, 0.2) is 0 Å². The van der Waals surface area contributed by atoms with E-state index in [-0.39, 0.29) is 5.91 Å². The lowest BCUT2D eigenvalue weighted by atomic mass is 10.0. The molecule has 0 bridgehead atoms. The summed E-state index contributed by atoms with van der Waals surface area (Å²) in [5.41, 5.74) is 5.50. The Hall–Kier alpha value is -4.09. The predicted octanol–water partition coefficient (Wildman–Crippen LogP) is 7.51. The Morgan fingerprint density at radius 1 is 0.800 bits per heavy atom. The van der Waals surface area contributed by atoms with Gasteiger partial charge in [0.2, 0.25) is 5.91 Å². The standard InChI is InChI=1S/C34H34ClN3O2/c35-29-18-20-30(21-19-29)40-24-23-38-32-12-7-6-11-31(32)37-33(38)13-5-2-8-22-36-34(39)25-26-14-16-28(17-15-26)27-9-3-1-4-10-27/h1,3-4,6-7,9-12,14-21H,2,5,8,13,22-25H2,(H,36,39). The first-order valence-electron chi connectivity index (χ1n) is 13.9. The average Bonchev–Trinajstić information content (AvgIpc) is 3.34. The molecule has 0 aliphatic rings. The van der Waals surface area contributed by atoms with Crippen LogP contribution in [0.15, 0.2) is 103 Å². The van der Waals surface area contributed by atoms with Gasteiger partial charge in [-0.2, -0.15) is 0 Å². The molecule has 4 aromatic carbocycles. The van der Waals surface area contributed by atoms with Gasteiger partial charge >= 0.3 is 0 Å². The summed E-state index contributed by atoms with van der Waals surface area (Å²) in [5.74, 6) is 1.94. The number of halogens is 1. The number of amides is 1. The van der Waals surface area contributed by atoms with Gasteiger partial charge in [-0.05, 0) is 65.9 Å². The van der Waals surface area contributed by atoms with Crippen LogP contribution in [-0.4, -0.2) is 28.6 Å². The number of para-hydroxylation sites is 2. The van der Waals surface area contributed by atoms with Crippen molar-refractivity contribution in [3.05, 3.63) is 120 Å². The van der Waals surface area contributed by atoms with Crippen molar-refractivity contribution in [3.8, 4) is 16.9 Å². The normalized spacial score (nSPS) is 11.0. The number of rotatable bonds is 13. The molecule has 0 saturated carbocycles. The van der Waals surface area contributed by atoms with Crippen molar-refractivity contribution in [2.24, 2.45) is 0 Å².